The van der Waals surface area contributed by atoms with E-state index in [9.17, 15) is 4.79 Å². The highest BCUT2D eigenvalue weighted by atomic mass is 16.5. The zero-order valence-electron chi connectivity index (χ0n) is 10.6. The lowest BCUT2D eigenvalue weighted by atomic mass is 10.1. The molecule has 2 N–H and O–H groups in total. The van der Waals surface area contributed by atoms with Gasteiger partial charge in [0.2, 0.25) is 5.91 Å². The van der Waals surface area contributed by atoms with E-state index in [0.29, 0.717) is 0 Å². The fourth-order valence-electron chi connectivity index (χ4n) is 2.29. The van der Waals surface area contributed by atoms with Gasteiger partial charge in [-0.05, 0) is 31.7 Å². The van der Waals surface area contributed by atoms with Gasteiger partial charge in [-0.25, -0.2) is 0 Å². The predicted octanol–water partition coefficient (Wildman–Crippen LogP) is 2.04. The molecule has 0 heterocycles. The minimum atomic E-state index is -0.351. The summed E-state index contributed by atoms with van der Waals surface area (Å²) in [5, 5.41) is 0. The van der Waals surface area contributed by atoms with Crippen LogP contribution in [0.4, 0.5) is 0 Å². The van der Waals surface area contributed by atoms with Gasteiger partial charge in [0.1, 0.15) is 11.5 Å². The van der Waals surface area contributed by atoms with Crippen LogP contribution in [0, 0.1) is 0 Å². The van der Waals surface area contributed by atoms with Gasteiger partial charge < -0.3 is 15.2 Å². The van der Waals surface area contributed by atoms with E-state index in [2.05, 4.69) is 0 Å². The lowest BCUT2D eigenvalue weighted by Crippen LogP contribution is -2.17. The molecule has 0 saturated heterocycles. The molecular weight excluding hydrogens is 230 g/mol. The Morgan fingerprint density at radius 3 is 2.72 bits per heavy atom. The molecule has 1 aliphatic carbocycles. The van der Waals surface area contributed by atoms with Crippen LogP contribution in [0.25, 0.3) is 0 Å². The Morgan fingerprint density at radius 2 is 2.11 bits per heavy atom. The Morgan fingerprint density at radius 1 is 1.39 bits per heavy atom. The van der Waals surface area contributed by atoms with Crippen molar-refractivity contribution in [3.8, 4) is 11.5 Å². The van der Waals surface area contributed by atoms with E-state index in [1.807, 2.05) is 18.2 Å². The van der Waals surface area contributed by atoms with E-state index in [4.69, 9.17) is 15.2 Å². The summed E-state index contributed by atoms with van der Waals surface area (Å²) in [5.41, 5.74) is 6.08. The fourth-order valence-corrected chi connectivity index (χ4v) is 2.29. The molecule has 4 nitrogen and oxygen atoms in total. The van der Waals surface area contributed by atoms with Gasteiger partial charge in [-0.2, -0.15) is 0 Å². The number of nitrogens with two attached hydrogens (primary N) is 1. The number of carbonyl (C=O) groups excluding carboxylic acids is 1. The molecule has 0 unspecified atom stereocenters. The van der Waals surface area contributed by atoms with Gasteiger partial charge in [-0.15, -0.1) is 0 Å². The molecule has 0 atom stereocenters. The van der Waals surface area contributed by atoms with Gasteiger partial charge in [0.25, 0.3) is 0 Å². The van der Waals surface area contributed by atoms with Gasteiger partial charge in [0, 0.05) is 11.6 Å². The Balaban J connectivity index is 2.19. The minimum absolute atomic E-state index is 0.200. The van der Waals surface area contributed by atoms with E-state index in [0.717, 1.165) is 29.9 Å². The number of carbonyl (C=O) groups is 1. The summed E-state index contributed by atoms with van der Waals surface area (Å²) in [4.78, 5) is 11.0. The monoisotopic (exact) mass is 249 g/mol. The zero-order chi connectivity index (χ0) is 13.0. The first-order valence-electron chi connectivity index (χ1n) is 6.31. The number of benzene rings is 1. The fraction of sp³-hybridized carbons (Fsp3) is 0.500. The van der Waals surface area contributed by atoms with Crippen molar-refractivity contribution in [3.05, 3.63) is 23.8 Å². The van der Waals surface area contributed by atoms with Gasteiger partial charge >= 0.3 is 0 Å². The molecule has 0 bridgehead atoms. The average molecular weight is 249 g/mol. The predicted molar refractivity (Wildman–Crippen MR) is 68.8 cm³/mol. The smallest absolute Gasteiger partial charge is 0.221 e. The topological polar surface area (TPSA) is 61.5 Å². The van der Waals surface area contributed by atoms with Crippen molar-refractivity contribution in [1.29, 1.82) is 0 Å². The Labute approximate surface area is 107 Å². The highest BCUT2D eigenvalue weighted by Gasteiger charge is 2.18. The summed E-state index contributed by atoms with van der Waals surface area (Å²) < 4.78 is 11.1. The van der Waals surface area contributed by atoms with E-state index < -0.39 is 0 Å². The molecule has 18 heavy (non-hydrogen) atoms. The highest BCUT2D eigenvalue weighted by Crippen LogP contribution is 2.30. The summed E-state index contributed by atoms with van der Waals surface area (Å²) in [7, 11) is 1.61. The number of amides is 1. The molecule has 98 valence electrons. The Hall–Kier alpha value is -1.71. The van der Waals surface area contributed by atoms with Crippen LogP contribution < -0.4 is 15.2 Å². The van der Waals surface area contributed by atoms with Gasteiger partial charge in [0.05, 0.1) is 19.6 Å². The minimum Gasteiger partial charge on any atom is -0.497 e. The maximum atomic E-state index is 11.0. The van der Waals surface area contributed by atoms with Gasteiger partial charge in [0.15, 0.2) is 0 Å². The molecule has 1 amide bonds. The molecule has 4 heteroatoms. The Kier molecular flexibility index (Phi) is 4.07. The summed E-state index contributed by atoms with van der Waals surface area (Å²) >= 11 is 0. The first-order valence-corrected chi connectivity index (χ1v) is 6.31. The van der Waals surface area contributed by atoms with Crippen molar-refractivity contribution in [2.75, 3.05) is 7.11 Å². The number of rotatable bonds is 5. The van der Waals surface area contributed by atoms with Crippen LogP contribution in [0.2, 0.25) is 0 Å². The second-order valence-electron chi connectivity index (χ2n) is 4.64. The van der Waals surface area contributed by atoms with E-state index in [1.54, 1.807) is 7.11 Å². The van der Waals surface area contributed by atoms with E-state index in [1.165, 1.54) is 12.8 Å². The molecule has 1 fully saturated rings. The normalized spacial score (nSPS) is 15.6. The lowest BCUT2D eigenvalue weighted by molar-refractivity contribution is -0.117. The first-order chi connectivity index (χ1) is 8.69. The average Bonchev–Trinajstić information content (AvgIpc) is 2.83. The summed E-state index contributed by atoms with van der Waals surface area (Å²) in [6.07, 6.45) is 5.02. The second-order valence-corrected chi connectivity index (χ2v) is 4.64. The molecule has 1 aromatic rings. The van der Waals surface area contributed by atoms with Crippen molar-refractivity contribution >= 4 is 5.91 Å². The summed E-state index contributed by atoms with van der Waals surface area (Å²) in [5.74, 6) is 1.10. The third kappa shape index (κ3) is 3.15. The van der Waals surface area contributed by atoms with Gasteiger partial charge in [-0.3, -0.25) is 4.79 Å². The van der Waals surface area contributed by atoms with Crippen LogP contribution in [0.5, 0.6) is 11.5 Å². The molecule has 2 rings (SSSR count). The van der Waals surface area contributed by atoms with Crippen LogP contribution in [0.15, 0.2) is 18.2 Å². The summed E-state index contributed by atoms with van der Waals surface area (Å²) in [6, 6.07) is 5.49. The van der Waals surface area contributed by atoms with Crippen LogP contribution in [0.1, 0.15) is 31.2 Å². The molecule has 1 saturated carbocycles. The Bertz CT molecular complexity index is 425. The lowest BCUT2D eigenvalue weighted by Gasteiger charge is -2.17. The number of methoxy groups -OCH3 is 1. The van der Waals surface area contributed by atoms with Crippen LogP contribution in [-0.4, -0.2) is 19.1 Å². The van der Waals surface area contributed by atoms with Crippen molar-refractivity contribution in [2.45, 2.75) is 38.2 Å². The number of hydrogen-bond donors (Lipinski definition) is 1. The molecular formula is C14H19NO3. The molecule has 1 aliphatic rings. The van der Waals surface area contributed by atoms with Gasteiger partial charge in [-0.1, -0.05) is 6.07 Å². The van der Waals surface area contributed by atoms with Crippen LogP contribution >= 0.6 is 0 Å². The molecule has 0 radical (unpaired) electrons. The molecule has 1 aromatic carbocycles. The van der Waals surface area contributed by atoms with Crippen LogP contribution in [0.3, 0.4) is 0 Å². The van der Waals surface area contributed by atoms with E-state index >= 15 is 0 Å². The van der Waals surface area contributed by atoms with Crippen molar-refractivity contribution in [1.82, 2.24) is 0 Å². The number of primary amides is 1. The van der Waals surface area contributed by atoms with Crippen molar-refractivity contribution < 1.29 is 14.3 Å². The number of ether oxygens (including phenoxy) is 2. The van der Waals surface area contributed by atoms with Crippen molar-refractivity contribution in [2.24, 2.45) is 5.73 Å². The number of hydrogen-bond acceptors (Lipinski definition) is 3. The summed E-state index contributed by atoms with van der Waals surface area (Å²) in [6.45, 7) is 0. The molecule has 0 aliphatic heterocycles. The SMILES string of the molecule is COc1ccc(CC(N)=O)c(OC2CCCC2)c1. The first kappa shape index (κ1) is 12.7. The van der Waals surface area contributed by atoms with Crippen LogP contribution in [-0.2, 0) is 11.2 Å². The highest BCUT2D eigenvalue weighted by molar-refractivity contribution is 5.77. The second kappa shape index (κ2) is 5.76. The molecule has 0 aromatic heterocycles. The van der Waals surface area contributed by atoms with E-state index in [-0.39, 0.29) is 18.4 Å². The molecule has 0 spiro atoms. The largest absolute Gasteiger partial charge is 0.497 e. The maximum Gasteiger partial charge on any atom is 0.221 e. The standard InChI is InChI=1S/C14H19NO3/c1-17-12-7-6-10(8-14(15)16)13(9-12)18-11-4-2-3-5-11/h6-7,9,11H,2-5,8H2,1H3,(H2,15,16). The van der Waals surface area contributed by atoms with Crippen molar-refractivity contribution in [3.63, 3.8) is 0 Å². The zero-order valence-corrected chi connectivity index (χ0v) is 10.6. The maximum absolute atomic E-state index is 11.0. The third-order valence-corrected chi connectivity index (χ3v) is 3.23. The quantitative estimate of drug-likeness (QED) is 0.868. The third-order valence-electron chi connectivity index (χ3n) is 3.23.